The summed E-state index contributed by atoms with van der Waals surface area (Å²) in [6.07, 6.45) is 0. The van der Waals surface area contributed by atoms with Crippen LogP contribution in [0.5, 0.6) is 0 Å². The number of hydrogen-bond acceptors (Lipinski definition) is 4. The van der Waals surface area contributed by atoms with Crippen LogP contribution in [0.15, 0.2) is 0 Å². The summed E-state index contributed by atoms with van der Waals surface area (Å²) in [4.78, 5) is 16.3. The third-order valence-corrected chi connectivity index (χ3v) is 3.57. The Labute approximate surface area is 110 Å². The van der Waals surface area contributed by atoms with Gasteiger partial charge in [-0.05, 0) is 25.9 Å². The largest absolute Gasteiger partial charge is 0.378 e. The number of carbonyl (C=O) groups is 1. The molecule has 0 saturated carbocycles. The van der Waals surface area contributed by atoms with E-state index in [1.165, 1.54) is 0 Å². The van der Waals surface area contributed by atoms with Crippen LogP contribution < -0.4 is 5.73 Å². The summed E-state index contributed by atoms with van der Waals surface area (Å²) in [7, 11) is 1.99. The molecule has 1 saturated heterocycles. The smallest absolute Gasteiger partial charge is 0.239 e. The average Bonchev–Trinajstić information content (AvgIpc) is 2.37. The number of morpholine rings is 1. The molecule has 1 fully saturated rings. The van der Waals surface area contributed by atoms with Crippen molar-refractivity contribution in [3.8, 4) is 0 Å². The first kappa shape index (κ1) is 15.4. The summed E-state index contributed by atoms with van der Waals surface area (Å²) in [6, 6.07) is -0.103. The van der Waals surface area contributed by atoms with E-state index in [0.29, 0.717) is 32.8 Å². The quantitative estimate of drug-likeness (QED) is 0.762. The van der Waals surface area contributed by atoms with Crippen molar-refractivity contribution < 1.29 is 9.53 Å². The van der Waals surface area contributed by atoms with Gasteiger partial charge in [0, 0.05) is 19.6 Å². The van der Waals surface area contributed by atoms with E-state index in [1.54, 1.807) is 0 Å². The molecule has 5 nitrogen and oxygen atoms in total. The lowest BCUT2D eigenvalue weighted by molar-refractivity contribution is -0.140. The van der Waals surface area contributed by atoms with Crippen LogP contribution in [-0.4, -0.2) is 68.2 Å². The molecule has 1 heterocycles. The maximum Gasteiger partial charge on any atom is 0.239 e. The Bertz CT molecular complexity index is 275. The van der Waals surface area contributed by atoms with Gasteiger partial charge in [-0.25, -0.2) is 0 Å². The molecule has 1 unspecified atom stereocenters. The van der Waals surface area contributed by atoms with E-state index in [4.69, 9.17) is 10.5 Å². The molecule has 0 aromatic rings. The lowest BCUT2D eigenvalue weighted by Gasteiger charge is -2.36. The second-order valence-corrected chi connectivity index (χ2v) is 5.90. The number of rotatable bonds is 5. The van der Waals surface area contributed by atoms with Crippen LogP contribution in [0.25, 0.3) is 0 Å². The second-order valence-electron chi connectivity index (χ2n) is 5.90. The van der Waals surface area contributed by atoms with Crippen molar-refractivity contribution in [1.82, 2.24) is 9.80 Å². The molecule has 1 rings (SSSR count). The number of likely N-dealkylation sites (N-methyl/N-ethyl adjacent to an activating group) is 1. The molecule has 0 radical (unpaired) electrons. The molecule has 106 valence electrons. The Morgan fingerprint density at radius 1 is 1.44 bits per heavy atom. The standard InChI is InChI=1S/C13H27N3O2/c1-11(15(4)10-13(2,3)9-14)12(17)16-5-7-18-8-6-16/h11H,5-10,14H2,1-4H3. The molecule has 18 heavy (non-hydrogen) atoms. The summed E-state index contributed by atoms with van der Waals surface area (Å²) in [5.74, 6) is 0.189. The number of nitrogens with two attached hydrogens (primary N) is 1. The zero-order chi connectivity index (χ0) is 13.8. The number of ether oxygens (including phenoxy) is 1. The van der Waals surface area contributed by atoms with Crippen molar-refractivity contribution in [2.45, 2.75) is 26.8 Å². The molecular formula is C13H27N3O2. The van der Waals surface area contributed by atoms with Gasteiger partial charge in [0.2, 0.25) is 5.91 Å². The van der Waals surface area contributed by atoms with E-state index < -0.39 is 0 Å². The summed E-state index contributed by atoms with van der Waals surface area (Å²) in [5.41, 5.74) is 5.77. The maximum absolute atomic E-state index is 12.3. The highest BCUT2D eigenvalue weighted by Crippen LogP contribution is 2.16. The zero-order valence-electron chi connectivity index (χ0n) is 12.1. The van der Waals surface area contributed by atoms with Gasteiger partial charge in [0.15, 0.2) is 0 Å². The molecule has 1 aliphatic heterocycles. The number of carbonyl (C=O) groups excluding carboxylic acids is 1. The van der Waals surface area contributed by atoms with Crippen LogP contribution in [0, 0.1) is 5.41 Å². The zero-order valence-corrected chi connectivity index (χ0v) is 12.1. The van der Waals surface area contributed by atoms with E-state index in [1.807, 2.05) is 18.9 Å². The Morgan fingerprint density at radius 3 is 2.50 bits per heavy atom. The average molecular weight is 257 g/mol. The SMILES string of the molecule is CC(C(=O)N1CCOCC1)N(C)CC(C)(C)CN. The van der Waals surface area contributed by atoms with Crippen LogP contribution in [0.3, 0.4) is 0 Å². The Hall–Kier alpha value is -0.650. The van der Waals surface area contributed by atoms with Crippen molar-refractivity contribution in [3.05, 3.63) is 0 Å². The Kier molecular flexibility index (Phi) is 5.56. The van der Waals surface area contributed by atoms with Crippen molar-refractivity contribution in [3.63, 3.8) is 0 Å². The van der Waals surface area contributed by atoms with E-state index in [-0.39, 0.29) is 17.4 Å². The number of amides is 1. The van der Waals surface area contributed by atoms with Crippen LogP contribution in [-0.2, 0) is 9.53 Å². The van der Waals surface area contributed by atoms with Gasteiger partial charge in [0.25, 0.3) is 0 Å². The third kappa shape index (κ3) is 4.23. The van der Waals surface area contributed by atoms with Crippen molar-refractivity contribution in [2.75, 3.05) is 46.4 Å². The predicted molar refractivity (Wildman–Crippen MR) is 72.3 cm³/mol. The van der Waals surface area contributed by atoms with Crippen molar-refractivity contribution >= 4 is 5.91 Å². The van der Waals surface area contributed by atoms with E-state index in [9.17, 15) is 4.79 Å². The molecule has 1 atom stereocenters. The molecule has 2 N–H and O–H groups in total. The minimum absolute atomic E-state index is 0.0360. The Morgan fingerprint density at radius 2 is 2.00 bits per heavy atom. The van der Waals surface area contributed by atoms with Gasteiger partial charge in [-0.15, -0.1) is 0 Å². The Balaban J connectivity index is 2.51. The number of nitrogens with zero attached hydrogens (tertiary/aromatic N) is 2. The molecule has 5 heteroatoms. The highest BCUT2D eigenvalue weighted by molar-refractivity contribution is 5.81. The highest BCUT2D eigenvalue weighted by atomic mass is 16.5. The van der Waals surface area contributed by atoms with Gasteiger partial charge in [-0.3, -0.25) is 9.69 Å². The first-order valence-corrected chi connectivity index (χ1v) is 6.64. The molecular weight excluding hydrogens is 230 g/mol. The fourth-order valence-corrected chi connectivity index (χ4v) is 2.11. The van der Waals surface area contributed by atoms with Crippen molar-refractivity contribution in [2.24, 2.45) is 11.1 Å². The molecule has 1 amide bonds. The van der Waals surface area contributed by atoms with Crippen LogP contribution in [0.1, 0.15) is 20.8 Å². The highest BCUT2D eigenvalue weighted by Gasteiger charge is 2.28. The van der Waals surface area contributed by atoms with Gasteiger partial charge < -0.3 is 15.4 Å². The van der Waals surface area contributed by atoms with Gasteiger partial charge in [-0.2, -0.15) is 0 Å². The molecule has 1 aliphatic rings. The van der Waals surface area contributed by atoms with Gasteiger partial charge in [0.1, 0.15) is 0 Å². The maximum atomic E-state index is 12.3. The van der Waals surface area contributed by atoms with Gasteiger partial charge in [0.05, 0.1) is 19.3 Å². The lowest BCUT2D eigenvalue weighted by atomic mass is 9.92. The van der Waals surface area contributed by atoms with Crippen LogP contribution >= 0.6 is 0 Å². The van der Waals surface area contributed by atoms with Gasteiger partial charge >= 0.3 is 0 Å². The molecule has 0 bridgehead atoms. The predicted octanol–water partition coefficient (Wildman–Crippen LogP) is 0.150. The first-order chi connectivity index (χ1) is 8.37. The molecule has 0 aliphatic carbocycles. The van der Waals surface area contributed by atoms with E-state index >= 15 is 0 Å². The minimum Gasteiger partial charge on any atom is -0.378 e. The minimum atomic E-state index is -0.103. The first-order valence-electron chi connectivity index (χ1n) is 6.64. The molecule has 0 aromatic carbocycles. The summed E-state index contributed by atoms with van der Waals surface area (Å²) < 4.78 is 5.26. The lowest BCUT2D eigenvalue weighted by Crippen LogP contribution is -2.51. The van der Waals surface area contributed by atoms with Gasteiger partial charge in [-0.1, -0.05) is 13.8 Å². The molecule has 0 spiro atoms. The van der Waals surface area contributed by atoms with Crippen molar-refractivity contribution in [1.29, 1.82) is 0 Å². The normalized spacial score (nSPS) is 19.1. The number of hydrogen-bond donors (Lipinski definition) is 1. The topological polar surface area (TPSA) is 58.8 Å². The molecule has 0 aromatic heterocycles. The summed E-state index contributed by atoms with van der Waals surface area (Å²) >= 11 is 0. The monoisotopic (exact) mass is 257 g/mol. The summed E-state index contributed by atoms with van der Waals surface area (Å²) in [6.45, 7) is 10.4. The van der Waals surface area contributed by atoms with Crippen LogP contribution in [0.2, 0.25) is 0 Å². The fourth-order valence-electron chi connectivity index (χ4n) is 2.11. The van der Waals surface area contributed by atoms with Crippen LogP contribution in [0.4, 0.5) is 0 Å². The van der Waals surface area contributed by atoms with E-state index in [2.05, 4.69) is 18.7 Å². The third-order valence-electron chi connectivity index (χ3n) is 3.57. The summed E-state index contributed by atoms with van der Waals surface area (Å²) in [5, 5.41) is 0. The second kappa shape index (κ2) is 6.50. The van der Waals surface area contributed by atoms with E-state index in [0.717, 1.165) is 6.54 Å². The fraction of sp³-hybridized carbons (Fsp3) is 0.923.